The molecule has 1 atom stereocenters. The molecule has 0 bridgehead atoms. The summed E-state index contributed by atoms with van der Waals surface area (Å²) in [4.78, 5) is 11.6. The van der Waals surface area contributed by atoms with E-state index in [1.165, 1.54) is 4.68 Å². The summed E-state index contributed by atoms with van der Waals surface area (Å²) in [5.74, 6) is -0.377. The predicted molar refractivity (Wildman–Crippen MR) is 61.9 cm³/mol. The molecule has 1 N–H and O–H groups in total. The minimum Gasteiger partial charge on any atom is -0.479 e. The van der Waals surface area contributed by atoms with Gasteiger partial charge in [-0.2, -0.15) is 0 Å². The molecule has 1 aliphatic heterocycles. The van der Waals surface area contributed by atoms with Gasteiger partial charge in [0.05, 0.1) is 0 Å². The van der Waals surface area contributed by atoms with Gasteiger partial charge in [0.25, 0.3) is 0 Å². The van der Waals surface area contributed by atoms with Crippen molar-refractivity contribution >= 4 is 5.97 Å². The lowest BCUT2D eigenvalue weighted by molar-refractivity contribution is -0.149. The van der Waals surface area contributed by atoms with E-state index in [0.717, 1.165) is 12.8 Å². The smallest absolute Gasteiger partial charge is 0.331 e. The number of tetrazole rings is 1. The lowest BCUT2D eigenvalue weighted by Gasteiger charge is -2.28. The Labute approximate surface area is 105 Å². The summed E-state index contributed by atoms with van der Waals surface area (Å²) in [6.45, 7) is 4.34. The van der Waals surface area contributed by atoms with E-state index in [2.05, 4.69) is 15.5 Å². The van der Waals surface area contributed by atoms with Gasteiger partial charge in [-0.1, -0.05) is 13.8 Å². The highest BCUT2D eigenvalue weighted by Crippen LogP contribution is 2.32. The first-order valence-electron chi connectivity index (χ1n) is 6.29. The summed E-state index contributed by atoms with van der Waals surface area (Å²) in [7, 11) is 0. The molecule has 1 aromatic rings. The zero-order valence-corrected chi connectivity index (χ0v) is 10.7. The van der Waals surface area contributed by atoms with Crippen LogP contribution in [0.1, 0.15) is 51.5 Å². The minimum absolute atomic E-state index is 0.183. The molecule has 0 amide bonds. The van der Waals surface area contributed by atoms with Crippen LogP contribution in [0.2, 0.25) is 0 Å². The second-order valence-electron chi connectivity index (χ2n) is 4.49. The van der Waals surface area contributed by atoms with Crippen LogP contribution < -0.4 is 0 Å². The quantitative estimate of drug-likeness (QED) is 0.847. The third kappa shape index (κ3) is 1.88. The maximum absolute atomic E-state index is 11.6. The molecule has 100 valence electrons. The molecule has 7 heteroatoms. The van der Waals surface area contributed by atoms with Gasteiger partial charge < -0.3 is 9.84 Å². The number of nitrogens with zero attached hydrogens (tertiary/aromatic N) is 4. The largest absolute Gasteiger partial charge is 0.479 e. The molecule has 0 aromatic carbocycles. The van der Waals surface area contributed by atoms with Gasteiger partial charge in [-0.15, -0.1) is 5.10 Å². The number of hydrogen-bond donors (Lipinski definition) is 1. The first-order chi connectivity index (χ1) is 8.65. The molecular formula is C11H18N4O3. The summed E-state index contributed by atoms with van der Waals surface area (Å²) in [5, 5.41) is 21.0. The third-order valence-corrected chi connectivity index (χ3v) is 3.68. The number of carboxylic acids is 1. The molecule has 1 aliphatic rings. The number of rotatable bonds is 5. The predicted octanol–water partition coefficient (Wildman–Crippen LogP) is 1.12. The van der Waals surface area contributed by atoms with Crippen molar-refractivity contribution in [3.8, 4) is 0 Å². The molecule has 1 unspecified atom stereocenters. The summed E-state index contributed by atoms with van der Waals surface area (Å²) in [6.07, 6.45) is 2.48. The number of aromatic nitrogens is 4. The Morgan fingerprint density at radius 1 is 1.56 bits per heavy atom. The van der Waals surface area contributed by atoms with Crippen molar-refractivity contribution < 1.29 is 14.6 Å². The standard InChI is InChI=1S/C11H18N4O3/c1-3-11(4-2,10(16)17)15-9(12-13-14-15)8-6-5-7-18-8/h8H,3-7H2,1-2H3,(H,16,17). The van der Waals surface area contributed by atoms with Crippen LogP contribution in [0.3, 0.4) is 0 Å². The first kappa shape index (κ1) is 12.9. The Bertz CT molecular complexity index is 422. The zero-order valence-electron chi connectivity index (χ0n) is 10.7. The van der Waals surface area contributed by atoms with E-state index in [0.29, 0.717) is 25.3 Å². The fraction of sp³-hybridized carbons (Fsp3) is 0.818. The Hall–Kier alpha value is -1.50. The van der Waals surface area contributed by atoms with Crippen LogP contribution >= 0.6 is 0 Å². The van der Waals surface area contributed by atoms with E-state index < -0.39 is 11.5 Å². The van der Waals surface area contributed by atoms with Crippen LogP contribution in [0, 0.1) is 0 Å². The number of aliphatic carboxylic acids is 1. The topological polar surface area (TPSA) is 90.1 Å². The van der Waals surface area contributed by atoms with Crippen LogP contribution in [0.15, 0.2) is 0 Å². The molecule has 7 nitrogen and oxygen atoms in total. The fourth-order valence-corrected chi connectivity index (χ4v) is 2.42. The van der Waals surface area contributed by atoms with Crippen LogP contribution in [0.5, 0.6) is 0 Å². The van der Waals surface area contributed by atoms with Crippen molar-refractivity contribution in [2.24, 2.45) is 0 Å². The van der Waals surface area contributed by atoms with Gasteiger partial charge >= 0.3 is 5.97 Å². The van der Waals surface area contributed by atoms with E-state index in [1.807, 2.05) is 13.8 Å². The van der Waals surface area contributed by atoms with Crippen molar-refractivity contribution in [1.29, 1.82) is 0 Å². The lowest BCUT2D eigenvalue weighted by Crippen LogP contribution is -2.43. The van der Waals surface area contributed by atoms with Gasteiger partial charge in [-0.05, 0) is 36.1 Å². The summed E-state index contributed by atoms with van der Waals surface area (Å²) in [6, 6.07) is 0. The molecule has 1 saturated heterocycles. The molecule has 0 radical (unpaired) electrons. The number of ether oxygens (including phenoxy) is 1. The molecular weight excluding hydrogens is 236 g/mol. The molecule has 2 heterocycles. The normalized spacial score (nSPS) is 20.2. The Kier molecular flexibility index (Phi) is 3.60. The average Bonchev–Trinajstić information content (AvgIpc) is 3.01. The van der Waals surface area contributed by atoms with Gasteiger partial charge in [-0.3, -0.25) is 0 Å². The second-order valence-corrected chi connectivity index (χ2v) is 4.49. The monoisotopic (exact) mass is 254 g/mol. The average molecular weight is 254 g/mol. The van der Waals surface area contributed by atoms with Gasteiger partial charge in [0.15, 0.2) is 11.4 Å². The minimum atomic E-state index is -1.08. The van der Waals surface area contributed by atoms with E-state index in [-0.39, 0.29) is 6.10 Å². The molecule has 0 aliphatic carbocycles. The maximum Gasteiger partial charge on any atom is 0.331 e. The summed E-state index contributed by atoms with van der Waals surface area (Å²) in [5.41, 5.74) is -1.08. The molecule has 18 heavy (non-hydrogen) atoms. The van der Waals surface area contributed by atoms with Gasteiger partial charge in [0.1, 0.15) is 6.10 Å². The van der Waals surface area contributed by atoms with Gasteiger partial charge in [-0.25, -0.2) is 9.48 Å². The van der Waals surface area contributed by atoms with E-state index in [4.69, 9.17) is 4.74 Å². The zero-order chi connectivity index (χ0) is 13.2. The molecule has 0 spiro atoms. The molecule has 2 rings (SSSR count). The molecule has 1 aromatic heterocycles. The first-order valence-corrected chi connectivity index (χ1v) is 6.29. The van der Waals surface area contributed by atoms with Crippen molar-refractivity contribution in [1.82, 2.24) is 20.2 Å². The van der Waals surface area contributed by atoms with E-state index >= 15 is 0 Å². The summed E-state index contributed by atoms with van der Waals surface area (Å²) < 4.78 is 6.98. The van der Waals surface area contributed by atoms with Crippen LogP contribution in [0.25, 0.3) is 0 Å². The summed E-state index contributed by atoms with van der Waals surface area (Å²) >= 11 is 0. The highest BCUT2D eigenvalue weighted by Gasteiger charge is 2.42. The SMILES string of the molecule is CCC(CC)(C(=O)O)n1nnnc1C1CCCO1. The highest BCUT2D eigenvalue weighted by atomic mass is 16.5. The maximum atomic E-state index is 11.6. The van der Waals surface area contributed by atoms with Crippen LogP contribution in [0.4, 0.5) is 0 Å². The third-order valence-electron chi connectivity index (χ3n) is 3.68. The lowest BCUT2D eigenvalue weighted by atomic mass is 9.93. The number of carboxylic acid groups (broad SMARTS) is 1. The van der Waals surface area contributed by atoms with Crippen molar-refractivity contribution in [2.45, 2.75) is 51.2 Å². The Balaban J connectivity index is 2.42. The Morgan fingerprint density at radius 2 is 2.28 bits per heavy atom. The highest BCUT2D eigenvalue weighted by molar-refractivity contribution is 5.76. The second kappa shape index (κ2) is 5.01. The van der Waals surface area contributed by atoms with Crippen molar-refractivity contribution in [2.75, 3.05) is 6.61 Å². The van der Waals surface area contributed by atoms with Crippen molar-refractivity contribution in [3.05, 3.63) is 5.82 Å². The van der Waals surface area contributed by atoms with Crippen molar-refractivity contribution in [3.63, 3.8) is 0 Å². The fourth-order valence-electron chi connectivity index (χ4n) is 2.42. The molecule has 1 fully saturated rings. The van der Waals surface area contributed by atoms with E-state index in [1.54, 1.807) is 0 Å². The number of hydrogen-bond acceptors (Lipinski definition) is 5. The Morgan fingerprint density at radius 3 is 2.78 bits per heavy atom. The van der Waals surface area contributed by atoms with Crippen LogP contribution in [-0.2, 0) is 15.1 Å². The van der Waals surface area contributed by atoms with Gasteiger partial charge in [0.2, 0.25) is 0 Å². The van der Waals surface area contributed by atoms with Crippen LogP contribution in [-0.4, -0.2) is 37.9 Å². The molecule has 0 saturated carbocycles. The number of carbonyl (C=O) groups is 1. The van der Waals surface area contributed by atoms with E-state index in [9.17, 15) is 9.90 Å². The van der Waals surface area contributed by atoms with Gasteiger partial charge in [0, 0.05) is 6.61 Å².